The first-order valence-corrected chi connectivity index (χ1v) is 6.22. The molecule has 0 saturated heterocycles. The summed E-state index contributed by atoms with van der Waals surface area (Å²) in [5, 5.41) is 12.1. The number of nitrogens with one attached hydrogen (secondary N) is 1. The van der Waals surface area contributed by atoms with E-state index < -0.39 is 0 Å². The van der Waals surface area contributed by atoms with Gasteiger partial charge < -0.3 is 20.5 Å². The van der Waals surface area contributed by atoms with Crippen molar-refractivity contribution in [3.63, 3.8) is 0 Å². The van der Waals surface area contributed by atoms with E-state index in [1.165, 1.54) is 0 Å². The van der Waals surface area contributed by atoms with Crippen molar-refractivity contribution in [1.82, 2.24) is 0 Å². The van der Waals surface area contributed by atoms with E-state index in [1.807, 2.05) is 18.2 Å². The number of ether oxygens (including phenoxy) is 2. The van der Waals surface area contributed by atoms with Crippen molar-refractivity contribution >= 4 is 17.1 Å². The predicted octanol–water partition coefficient (Wildman–Crippen LogP) is 2.66. The molecule has 0 bridgehead atoms. The molecule has 100 valence electrons. The van der Waals surface area contributed by atoms with Crippen LogP contribution < -0.4 is 20.5 Å². The second-order valence-electron chi connectivity index (χ2n) is 4.40. The topological polar surface area (TPSA) is 80.3 Å². The standard InChI is InChI=1S/C15H13N3O2/c16-9-10-1-3-12(17)13(7-10)18-11-2-4-14-15(8-11)20-6-5-19-14/h1-4,7-8,18H,5-6,17H2. The Balaban J connectivity index is 1.90. The molecule has 5 heteroatoms. The number of nitrogens with zero attached hydrogens (tertiary/aromatic N) is 1. The van der Waals surface area contributed by atoms with Gasteiger partial charge in [-0.1, -0.05) is 0 Å². The largest absolute Gasteiger partial charge is 0.486 e. The van der Waals surface area contributed by atoms with Crippen LogP contribution in [-0.4, -0.2) is 13.2 Å². The number of anilines is 3. The van der Waals surface area contributed by atoms with Gasteiger partial charge in [-0.25, -0.2) is 0 Å². The van der Waals surface area contributed by atoms with E-state index in [0.29, 0.717) is 35.9 Å². The second-order valence-corrected chi connectivity index (χ2v) is 4.40. The highest BCUT2D eigenvalue weighted by atomic mass is 16.6. The van der Waals surface area contributed by atoms with Gasteiger partial charge in [0.2, 0.25) is 0 Å². The molecule has 20 heavy (non-hydrogen) atoms. The maximum Gasteiger partial charge on any atom is 0.163 e. The highest BCUT2D eigenvalue weighted by molar-refractivity contribution is 5.75. The molecule has 0 unspecified atom stereocenters. The lowest BCUT2D eigenvalue weighted by Gasteiger charge is -2.19. The minimum absolute atomic E-state index is 0.544. The summed E-state index contributed by atoms with van der Waals surface area (Å²) in [6.07, 6.45) is 0. The van der Waals surface area contributed by atoms with Crippen molar-refractivity contribution in [2.75, 3.05) is 24.3 Å². The molecule has 0 amide bonds. The maximum atomic E-state index is 8.92. The normalized spacial score (nSPS) is 12.6. The van der Waals surface area contributed by atoms with Crippen LogP contribution in [-0.2, 0) is 0 Å². The van der Waals surface area contributed by atoms with Crippen LogP contribution in [0.3, 0.4) is 0 Å². The van der Waals surface area contributed by atoms with Gasteiger partial charge in [-0.3, -0.25) is 0 Å². The van der Waals surface area contributed by atoms with Gasteiger partial charge in [0.1, 0.15) is 13.2 Å². The van der Waals surface area contributed by atoms with Crippen LogP contribution >= 0.6 is 0 Å². The number of fused-ring (bicyclic) bond motifs is 1. The molecule has 0 saturated carbocycles. The summed E-state index contributed by atoms with van der Waals surface area (Å²) in [4.78, 5) is 0. The first-order chi connectivity index (χ1) is 9.76. The molecule has 0 fully saturated rings. The molecule has 0 aromatic heterocycles. The lowest BCUT2D eigenvalue weighted by atomic mass is 10.1. The Bertz CT molecular complexity index is 692. The third kappa shape index (κ3) is 2.31. The van der Waals surface area contributed by atoms with Crippen molar-refractivity contribution < 1.29 is 9.47 Å². The van der Waals surface area contributed by atoms with Gasteiger partial charge in [-0.15, -0.1) is 0 Å². The fraction of sp³-hybridized carbons (Fsp3) is 0.133. The monoisotopic (exact) mass is 267 g/mol. The number of benzene rings is 2. The van der Waals surface area contributed by atoms with Crippen molar-refractivity contribution in [1.29, 1.82) is 5.26 Å². The van der Waals surface area contributed by atoms with Gasteiger partial charge in [-0.05, 0) is 30.3 Å². The molecular weight excluding hydrogens is 254 g/mol. The zero-order chi connectivity index (χ0) is 13.9. The first-order valence-electron chi connectivity index (χ1n) is 6.22. The van der Waals surface area contributed by atoms with Crippen LogP contribution in [0.1, 0.15) is 5.56 Å². The van der Waals surface area contributed by atoms with Crippen LogP contribution in [0.25, 0.3) is 0 Å². The summed E-state index contributed by atoms with van der Waals surface area (Å²) in [7, 11) is 0. The summed E-state index contributed by atoms with van der Waals surface area (Å²) in [5.41, 5.74) is 8.56. The number of hydrogen-bond acceptors (Lipinski definition) is 5. The molecule has 5 nitrogen and oxygen atoms in total. The molecule has 3 rings (SSSR count). The van der Waals surface area contributed by atoms with Gasteiger partial charge >= 0.3 is 0 Å². The minimum Gasteiger partial charge on any atom is -0.486 e. The summed E-state index contributed by atoms with van der Waals surface area (Å²) in [6, 6.07) is 12.8. The Kier molecular flexibility index (Phi) is 3.05. The van der Waals surface area contributed by atoms with E-state index >= 15 is 0 Å². The van der Waals surface area contributed by atoms with Crippen LogP contribution in [0.4, 0.5) is 17.1 Å². The Hall–Kier alpha value is -2.87. The van der Waals surface area contributed by atoms with Crippen LogP contribution in [0, 0.1) is 11.3 Å². The smallest absolute Gasteiger partial charge is 0.163 e. The minimum atomic E-state index is 0.544. The van der Waals surface area contributed by atoms with Crippen molar-refractivity contribution in [2.24, 2.45) is 0 Å². The third-order valence-electron chi connectivity index (χ3n) is 3.00. The van der Waals surface area contributed by atoms with E-state index in [-0.39, 0.29) is 0 Å². The molecule has 0 radical (unpaired) electrons. The predicted molar refractivity (Wildman–Crippen MR) is 76.3 cm³/mol. The number of nitrogens with two attached hydrogens (primary N) is 1. The molecule has 2 aromatic carbocycles. The molecular formula is C15H13N3O2. The molecule has 1 aliphatic rings. The van der Waals surface area contributed by atoms with Crippen molar-refractivity contribution in [2.45, 2.75) is 0 Å². The molecule has 0 aliphatic carbocycles. The van der Waals surface area contributed by atoms with Crippen LogP contribution in [0.2, 0.25) is 0 Å². The van der Waals surface area contributed by atoms with Gasteiger partial charge in [0.05, 0.1) is 23.0 Å². The molecule has 1 aliphatic heterocycles. The highest BCUT2D eigenvalue weighted by Gasteiger charge is 2.12. The SMILES string of the molecule is N#Cc1ccc(N)c(Nc2ccc3c(c2)OCCO3)c1. The third-order valence-corrected chi connectivity index (χ3v) is 3.00. The van der Waals surface area contributed by atoms with E-state index in [9.17, 15) is 0 Å². The number of nitriles is 1. The van der Waals surface area contributed by atoms with Gasteiger partial charge in [-0.2, -0.15) is 5.26 Å². The van der Waals surface area contributed by atoms with Gasteiger partial charge in [0.25, 0.3) is 0 Å². The summed E-state index contributed by atoms with van der Waals surface area (Å²) < 4.78 is 11.0. The van der Waals surface area contributed by atoms with Gasteiger partial charge in [0.15, 0.2) is 11.5 Å². The lowest BCUT2D eigenvalue weighted by molar-refractivity contribution is 0.171. The zero-order valence-electron chi connectivity index (χ0n) is 10.7. The fourth-order valence-corrected chi connectivity index (χ4v) is 2.01. The van der Waals surface area contributed by atoms with Gasteiger partial charge in [0, 0.05) is 11.8 Å². The summed E-state index contributed by atoms with van der Waals surface area (Å²) in [5.74, 6) is 1.44. The Morgan fingerprint density at radius 3 is 2.65 bits per heavy atom. The molecule has 3 N–H and O–H groups in total. The number of nitrogen functional groups attached to an aromatic ring is 1. The van der Waals surface area contributed by atoms with E-state index in [2.05, 4.69) is 11.4 Å². The quantitative estimate of drug-likeness (QED) is 0.818. The van der Waals surface area contributed by atoms with E-state index in [0.717, 1.165) is 11.4 Å². The highest BCUT2D eigenvalue weighted by Crippen LogP contribution is 2.34. The Labute approximate surface area is 116 Å². The molecule has 1 heterocycles. The molecule has 2 aromatic rings. The lowest BCUT2D eigenvalue weighted by Crippen LogP contribution is -2.15. The van der Waals surface area contributed by atoms with Crippen molar-refractivity contribution in [3.05, 3.63) is 42.0 Å². The molecule has 0 atom stereocenters. The first kappa shape index (κ1) is 12.2. The number of rotatable bonds is 2. The summed E-state index contributed by atoms with van der Waals surface area (Å²) >= 11 is 0. The van der Waals surface area contributed by atoms with Crippen LogP contribution in [0.15, 0.2) is 36.4 Å². The average Bonchev–Trinajstić information content (AvgIpc) is 2.49. The summed E-state index contributed by atoms with van der Waals surface area (Å²) in [6.45, 7) is 1.11. The average molecular weight is 267 g/mol. The Morgan fingerprint density at radius 1 is 1.05 bits per heavy atom. The second kappa shape index (κ2) is 5.02. The Morgan fingerprint density at radius 2 is 1.85 bits per heavy atom. The van der Waals surface area contributed by atoms with Crippen LogP contribution in [0.5, 0.6) is 11.5 Å². The van der Waals surface area contributed by atoms with Crippen molar-refractivity contribution in [3.8, 4) is 17.6 Å². The van der Waals surface area contributed by atoms with E-state index in [1.54, 1.807) is 18.2 Å². The fourth-order valence-electron chi connectivity index (χ4n) is 2.01. The zero-order valence-corrected chi connectivity index (χ0v) is 10.7. The maximum absolute atomic E-state index is 8.92. The number of hydrogen-bond donors (Lipinski definition) is 2. The molecule has 0 spiro atoms. The van der Waals surface area contributed by atoms with E-state index in [4.69, 9.17) is 20.5 Å².